The normalized spacial score (nSPS) is 14.5. The number of hydroxylamine groups is 1. The molecule has 0 aromatic carbocycles. The van der Waals surface area contributed by atoms with E-state index in [1.54, 1.807) is 11.5 Å². The van der Waals surface area contributed by atoms with Crippen molar-refractivity contribution in [3.05, 3.63) is 18.1 Å². The predicted octanol–water partition coefficient (Wildman–Crippen LogP) is 0.153. The van der Waals surface area contributed by atoms with Crippen LogP contribution in [0.4, 0.5) is 5.69 Å². The number of nitrogens with two attached hydrogens (primary N) is 2. The zero-order chi connectivity index (χ0) is 14.3. The van der Waals surface area contributed by atoms with Gasteiger partial charge in [-0.2, -0.15) is 0 Å². The molecule has 0 radical (unpaired) electrons. The van der Waals surface area contributed by atoms with Gasteiger partial charge in [0.2, 0.25) is 0 Å². The molecule has 1 heterocycles. The van der Waals surface area contributed by atoms with Crippen LogP contribution in [0.15, 0.2) is 21.7 Å². The van der Waals surface area contributed by atoms with Crippen LogP contribution in [0.3, 0.4) is 0 Å². The molecule has 0 aliphatic carbocycles. The minimum Gasteiger partial charge on any atom is -0.480 e. The summed E-state index contributed by atoms with van der Waals surface area (Å²) in [5.41, 5.74) is 13.4. The van der Waals surface area contributed by atoms with Crippen molar-refractivity contribution < 1.29 is 19.5 Å². The quantitative estimate of drug-likeness (QED) is 0.256. The number of carboxylic acids is 1. The maximum Gasteiger partial charge on any atom is 0.320 e. The van der Waals surface area contributed by atoms with Gasteiger partial charge in [0.1, 0.15) is 23.8 Å². The maximum absolute atomic E-state index is 10.7. The molecule has 0 amide bonds. The first kappa shape index (κ1) is 15.2. The highest BCUT2D eigenvalue weighted by molar-refractivity contribution is 5.73. The summed E-state index contributed by atoms with van der Waals surface area (Å²) in [6.45, 7) is 0.287. The second kappa shape index (κ2) is 7.52. The summed E-state index contributed by atoms with van der Waals surface area (Å²) in [6.07, 6.45) is 3.33. The minimum atomic E-state index is -1.04. The molecule has 2 atom stereocenters. The largest absolute Gasteiger partial charge is 0.480 e. The molecule has 0 saturated carbocycles. The summed E-state index contributed by atoms with van der Waals surface area (Å²) >= 11 is 0. The third kappa shape index (κ3) is 4.36. The Bertz CT molecular complexity index is 432. The molecule has 1 aromatic rings. The van der Waals surface area contributed by atoms with Gasteiger partial charge in [0.05, 0.1) is 6.26 Å². The lowest BCUT2D eigenvalue weighted by Gasteiger charge is -2.14. The van der Waals surface area contributed by atoms with Crippen molar-refractivity contribution in [3.63, 3.8) is 0 Å². The smallest absolute Gasteiger partial charge is 0.320 e. The molecule has 1 unspecified atom stereocenters. The summed E-state index contributed by atoms with van der Waals surface area (Å²) in [5.74, 6) is -0.671. The number of furan rings is 1. The lowest BCUT2D eigenvalue weighted by atomic mass is 9.97. The molecule has 8 heteroatoms. The predicted molar refractivity (Wildman–Crippen MR) is 68.4 cm³/mol. The zero-order valence-corrected chi connectivity index (χ0v) is 10.3. The monoisotopic (exact) mass is 270 g/mol. The van der Waals surface area contributed by atoms with Crippen LogP contribution in [-0.4, -0.2) is 35.2 Å². The second-order valence-electron chi connectivity index (χ2n) is 4.01. The molecule has 0 aliphatic rings. The molecule has 0 fully saturated rings. The van der Waals surface area contributed by atoms with Crippen LogP contribution < -0.4 is 16.9 Å². The summed E-state index contributed by atoms with van der Waals surface area (Å²) in [4.78, 5) is 14.6. The number of rotatable bonds is 8. The van der Waals surface area contributed by atoms with Gasteiger partial charge >= 0.3 is 5.97 Å². The third-order valence-corrected chi connectivity index (χ3v) is 2.73. The number of aliphatic carboxylic acids is 1. The molecule has 0 bridgehead atoms. The summed E-state index contributed by atoms with van der Waals surface area (Å²) in [7, 11) is 0. The molecule has 0 saturated heterocycles. The third-order valence-electron chi connectivity index (χ3n) is 2.73. The van der Waals surface area contributed by atoms with Gasteiger partial charge in [0.15, 0.2) is 0 Å². The van der Waals surface area contributed by atoms with E-state index in [1.165, 1.54) is 6.26 Å². The number of carboxylic acid groups (broad SMARTS) is 1. The SMILES string of the molecule is NCC(CC[C@H](N)C(=O)O)c1occc1N=CNO. The maximum atomic E-state index is 10.7. The van der Waals surface area contributed by atoms with Crippen molar-refractivity contribution in [2.75, 3.05) is 6.54 Å². The molecule has 0 aliphatic heterocycles. The molecule has 8 nitrogen and oxygen atoms in total. The molecule has 19 heavy (non-hydrogen) atoms. The van der Waals surface area contributed by atoms with Crippen LogP contribution >= 0.6 is 0 Å². The van der Waals surface area contributed by atoms with Crippen LogP contribution in [0.1, 0.15) is 24.5 Å². The van der Waals surface area contributed by atoms with Gasteiger partial charge in [-0.1, -0.05) is 0 Å². The van der Waals surface area contributed by atoms with Crippen molar-refractivity contribution in [2.24, 2.45) is 16.5 Å². The minimum absolute atomic E-state index is 0.175. The number of hydrogen-bond acceptors (Lipinski definition) is 6. The lowest BCUT2D eigenvalue weighted by molar-refractivity contribution is -0.138. The Labute approximate surface area is 110 Å². The van der Waals surface area contributed by atoms with Crippen LogP contribution in [0.25, 0.3) is 0 Å². The summed E-state index contributed by atoms with van der Waals surface area (Å²) < 4.78 is 5.32. The van der Waals surface area contributed by atoms with Gasteiger partial charge in [0, 0.05) is 18.5 Å². The number of nitrogens with one attached hydrogen (secondary N) is 1. The molecule has 1 aromatic heterocycles. The van der Waals surface area contributed by atoms with E-state index in [4.69, 9.17) is 26.2 Å². The fraction of sp³-hybridized carbons (Fsp3) is 0.455. The standard InChI is InChI=1S/C11H18N4O4/c12-5-7(1-2-8(13)11(16)17)10-9(3-4-19-10)14-6-15-18/h3-4,6-8,18H,1-2,5,12-13H2,(H,14,15)(H,16,17)/t7?,8-/m0/s1. The van der Waals surface area contributed by atoms with Crippen LogP contribution in [-0.2, 0) is 4.79 Å². The molecule has 7 N–H and O–H groups in total. The Balaban J connectivity index is 2.72. The average molecular weight is 270 g/mol. The Hall–Kier alpha value is -1.90. The van der Waals surface area contributed by atoms with E-state index in [1.807, 2.05) is 0 Å². The second-order valence-corrected chi connectivity index (χ2v) is 4.01. The molecular weight excluding hydrogens is 252 g/mol. The van der Waals surface area contributed by atoms with Crippen LogP contribution in [0, 0.1) is 0 Å². The van der Waals surface area contributed by atoms with Gasteiger partial charge in [-0.3, -0.25) is 15.5 Å². The topological polar surface area (TPSA) is 147 Å². The van der Waals surface area contributed by atoms with Crippen molar-refractivity contribution in [3.8, 4) is 0 Å². The molecule has 1 rings (SSSR count). The zero-order valence-electron chi connectivity index (χ0n) is 10.3. The Morgan fingerprint density at radius 2 is 2.32 bits per heavy atom. The lowest BCUT2D eigenvalue weighted by Crippen LogP contribution is -2.30. The highest BCUT2D eigenvalue weighted by Crippen LogP contribution is 2.30. The van der Waals surface area contributed by atoms with E-state index < -0.39 is 12.0 Å². The number of aliphatic imine (C=N–C) groups is 1. The van der Waals surface area contributed by atoms with E-state index >= 15 is 0 Å². The van der Waals surface area contributed by atoms with Gasteiger partial charge < -0.3 is 21.0 Å². The fourth-order valence-corrected chi connectivity index (χ4v) is 1.68. The van der Waals surface area contributed by atoms with E-state index in [0.29, 0.717) is 24.3 Å². The van der Waals surface area contributed by atoms with Crippen LogP contribution in [0.5, 0.6) is 0 Å². The first-order chi connectivity index (χ1) is 9.10. The number of hydrogen-bond donors (Lipinski definition) is 5. The Morgan fingerprint density at radius 3 is 2.89 bits per heavy atom. The van der Waals surface area contributed by atoms with E-state index in [-0.39, 0.29) is 12.5 Å². The first-order valence-corrected chi connectivity index (χ1v) is 5.78. The van der Waals surface area contributed by atoms with Crippen molar-refractivity contribution in [2.45, 2.75) is 24.8 Å². The number of carbonyl (C=O) groups is 1. The number of nitrogens with zero attached hydrogens (tertiary/aromatic N) is 1. The molecular formula is C11H18N4O4. The van der Waals surface area contributed by atoms with Gasteiger partial charge in [-0.15, -0.1) is 0 Å². The van der Waals surface area contributed by atoms with Crippen molar-refractivity contribution in [1.29, 1.82) is 0 Å². The Kier molecular flexibility index (Phi) is 6.00. The van der Waals surface area contributed by atoms with Gasteiger partial charge in [0.25, 0.3) is 0 Å². The molecule has 106 valence electrons. The van der Waals surface area contributed by atoms with Crippen molar-refractivity contribution >= 4 is 18.0 Å². The highest BCUT2D eigenvalue weighted by atomic mass is 16.5. The van der Waals surface area contributed by atoms with Crippen molar-refractivity contribution in [1.82, 2.24) is 5.48 Å². The summed E-state index contributed by atoms with van der Waals surface area (Å²) in [6, 6.07) is 0.707. The first-order valence-electron chi connectivity index (χ1n) is 5.78. The molecule has 0 spiro atoms. The summed E-state index contributed by atoms with van der Waals surface area (Å²) in [5, 5.41) is 17.2. The van der Waals surface area contributed by atoms with E-state index in [0.717, 1.165) is 6.34 Å². The average Bonchev–Trinajstić information content (AvgIpc) is 2.85. The van der Waals surface area contributed by atoms with E-state index in [9.17, 15) is 4.79 Å². The Morgan fingerprint density at radius 1 is 1.58 bits per heavy atom. The van der Waals surface area contributed by atoms with Crippen LogP contribution in [0.2, 0.25) is 0 Å². The van der Waals surface area contributed by atoms with Gasteiger partial charge in [-0.25, -0.2) is 4.99 Å². The highest BCUT2D eigenvalue weighted by Gasteiger charge is 2.20. The van der Waals surface area contributed by atoms with E-state index in [2.05, 4.69) is 4.99 Å². The fourth-order valence-electron chi connectivity index (χ4n) is 1.68. The van der Waals surface area contributed by atoms with Gasteiger partial charge in [-0.05, 0) is 12.8 Å².